The zero-order valence-electron chi connectivity index (χ0n) is 10.6. The predicted octanol–water partition coefficient (Wildman–Crippen LogP) is 2.66. The Morgan fingerprint density at radius 2 is 1.93 bits per heavy atom. The van der Waals surface area contributed by atoms with E-state index in [9.17, 15) is 5.11 Å². The molecule has 0 spiro atoms. The van der Waals surface area contributed by atoms with Gasteiger partial charge in [-0.05, 0) is 38.1 Å². The van der Waals surface area contributed by atoms with Gasteiger partial charge in [-0.15, -0.1) is 0 Å². The van der Waals surface area contributed by atoms with Gasteiger partial charge in [-0.25, -0.2) is 0 Å². The largest absolute Gasteiger partial charge is 0.391 e. The van der Waals surface area contributed by atoms with Crippen LogP contribution < -0.4 is 0 Å². The minimum atomic E-state index is -0.126. The van der Waals surface area contributed by atoms with E-state index >= 15 is 0 Å². The number of hydrogen-bond donors (Lipinski definition) is 1. The van der Waals surface area contributed by atoms with Gasteiger partial charge in [0, 0.05) is 12.6 Å². The third-order valence-corrected chi connectivity index (χ3v) is 3.51. The molecule has 2 unspecified atom stereocenters. The van der Waals surface area contributed by atoms with Crippen LogP contribution in [0.1, 0.15) is 52.9 Å². The van der Waals surface area contributed by atoms with Gasteiger partial charge in [0.25, 0.3) is 0 Å². The maximum absolute atomic E-state index is 10.1. The third-order valence-electron chi connectivity index (χ3n) is 3.51. The van der Waals surface area contributed by atoms with Crippen LogP contribution in [0.5, 0.6) is 0 Å². The highest BCUT2D eigenvalue weighted by atomic mass is 16.3. The molecule has 15 heavy (non-hydrogen) atoms. The van der Waals surface area contributed by atoms with Gasteiger partial charge in [-0.2, -0.15) is 0 Å². The summed E-state index contributed by atoms with van der Waals surface area (Å²) >= 11 is 0. The van der Waals surface area contributed by atoms with Crippen molar-refractivity contribution in [1.29, 1.82) is 0 Å². The average Bonchev–Trinajstić information content (AvgIpc) is 3.01. The molecule has 0 aliphatic heterocycles. The lowest BCUT2D eigenvalue weighted by Gasteiger charge is -2.33. The summed E-state index contributed by atoms with van der Waals surface area (Å²) < 4.78 is 0. The molecule has 1 fully saturated rings. The van der Waals surface area contributed by atoms with Gasteiger partial charge < -0.3 is 5.11 Å². The van der Waals surface area contributed by atoms with Crippen molar-refractivity contribution in [2.75, 3.05) is 13.1 Å². The monoisotopic (exact) mass is 213 g/mol. The van der Waals surface area contributed by atoms with E-state index in [4.69, 9.17) is 0 Å². The number of hydrogen-bond acceptors (Lipinski definition) is 2. The first-order valence-electron chi connectivity index (χ1n) is 6.64. The summed E-state index contributed by atoms with van der Waals surface area (Å²) in [7, 11) is 0. The van der Waals surface area contributed by atoms with Gasteiger partial charge in [-0.1, -0.05) is 27.2 Å². The van der Waals surface area contributed by atoms with E-state index < -0.39 is 0 Å². The normalized spacial score (nSPS) is 20.6. The summed E-state index contributed by atoms with van der Waals surface area (Å²) in [6, 6.07) is 0.385. The molecule has 1 aliphatic rings. The van der Waals surface area contributed by atoms with Crippen LogP contribution in [0.2, 0.25) is 0 Å². The molecule has 1 rings (SSSR count). The molecule has 0 bridgehead atoms. The Kier molecular flexibility index (Phi) is 5.62. The van der Waals surface area contributed by atoms with E-state index in [0.717, 1.165) is 31.7 Å². The maximum Gasteiger partial charge on any atom is 0.0695 e. The lowest BCUT2D eigenvalue weighted by molar-refractivity contribution is 0.0407. The molecular weight excluding hydrogens is 186 g/mol. The number of aliphatic hydroxyl groups is 1. The van der Waals surface area contributed by atoms with Crippen molar-refractivity contribution in [3.05, 3.63) is 0 Å². The fourth-order valence-corrected chi connectivity index (χ4v) is 2.39. The molecular formula is C13H27NO. The quantitative estimate of drug-likeness (QED) is 0.670. The van der Waals surface area contributed by atoms with Crippen molar-refractivity contribution in [2.24, 2.45) is 5.92 Å². The standard InChI is InChI=1S/C13H27NO/c1-4-7-13(15)12(5-2)14(6-3)10-11-8-9-11/h11-13,15H,4-10H2,1-3H3. The van der Waals surface area contributed by atoms with E-state index in [0.29, 0.717) is 6.04 Å². The molecule has 0 radical (unpaired) electrons. The Morgan fingerprint density at radius 3 is 2.33 bits per heavy atom. The van der Waals surface area contributed by atoms with E-state index in [-0.39, 0.29) is 6.10 Å². The van der Waals surface area contributed by atoms with E-state index in [1.165, 1.54) is 19.4 Å². The van der Waals surface area contributed by atoms with E-state index in [2.05, 4.69) is 25.7 Å². The zero-order chi connectivity index (χ0) is 11.3. The predicted molar refractivity (Wildman–Crippen MR) is 65.0 cm³/mol. The molecule has 90 valence electrons. The minimum absolute atomic E-state index is 0.126. The molecule has 0 aromatic rings. The minimum Gasteiger partial charge on any atom is -0.391 e. The van der Waals surface area contributed by atoms with Gasteiger partial charge >= 0.3 is 0 Å². The fraction of sp³-hybridized carbons (Fsp3) is 1.00. The Bertz CT molecular complexity index is 168. The summed E-state index contributed by atoms with van der Waals surface area (Å²) in [6.07, 6.45) is 5.77. The van der Waals surface area contributed by atoms with Gasteiger partial charge in [0.05, 0.1) is 6.10 Å². The zero-order valence-corrected chi connectivity index (χ0v) is 10.6. The van der Waals surface area contributed by atoms with Crippen molar-refractivity contribution < 1.29 is 5.11 Å². The second-order valence-electron chi connectivity index (χ2n) is 4.86. The smallest absolute Gasteiger partial charge is 0.0695 e. The highest BCUT2D eigenvalue weighted by Crippen LogP contribution is 2.31. The Morgan fingerprint density at radius 1 is 1.27 bits per heavy atom. The van der Waals surface area contributed by atoms with Crippen molar-refractivity contribution in [1.82, 2.24) is 4.90 Å². The number of nitrogens with zero attached hydrogens (tertiary/aromatic N) is 1. The van der Waals surface area contributed by atoms with Gasteiger partial charge in [-0.3, -0.25) is 4.90 Å². The lowest BCUT2D eigenvalue weighted by atomic mass is 10.0. The van der Waals surface area contributed by atoms with Gasteiger partial charge in [0.15, 0.2) is 0 Å². The first kappa shape index (κ1) is 13.0. The third kappa shape index (κ3) is 4.12. The average molecular weight is 213 g/mol. The molecule has 0 aromatic heterocycles. The van der Waals surface area contributed by atoms with Crippen LogP contribution >= 0.6 is 0 Å². The van der Waals surface area contributed by atoms with Crippen molar-refractivity contribution >= 4 is 0 Å². The van der Waals surface area contributed by atoms with Crippen LogP contribution in [0.25, 0.3) is 0 Å². The Labute approximate surface area is 94.7 Å². The second-order valence-corrected chi connectivity index (χ2v) is 4.86. The Hall–Kier alpha value is -0.0800. The highest BCUT2D eigenvalue weighted by Gasteiger charge is 2.29. The van der Waals surface area contributed by atoms with E-state index in [1.54, 1.807) is 0 Å². The number of likely N-dealkylation sites (N-methyl/N-ethyl adjacent to an activating group) is 1. The van der Waals surface area contributed by atoms with Gasteiger partial charge in [0.2, 0.25) is 0 Å². The maximum atomic E-state index is 10.1. The van der Waals surface area contributed by atoms with Crippen molar-refractivity contribution in [3.63, 3.8) is 0 Å². The van der Waals surface area contributed by atoms with Crippen LogP contribution in [0.4, 0.5) is 0 Å². The number of aliphatic hydroxyl groups excluding tert-OH is 1. The lowest BCUT2D eigenvalue weighted by Crippen LogP contribution is -2.44. The van der Waals surface area contributed by atoms with Crippen LogP contribution in [0.15, 0.2) is 0 Å². The van der Waals surface area contributed by atoms with Crippen LogP contribution in [-0.4, -0.2) is 35.2 Å². The molecule has 1 saturated carbocycles. The first-order chi connectivity index (χ1) is 7.22. The molecule has 2 heteroatoms. The molecule has 0 saturated heterocycles. The van der Waals surface area contributed by atoms with E-state index in [1.807, 2.05) is 0 Å². The molecule has 1 N–H and O–H groups in total. The van der Waals surface area contributed by atoms with Crippen LogP contribution in [-0.2, 0) is 0 Å². The highest BCUT2D eigenvalue weighted by molar-refractivity contribution is 4.83. The topological polar surface area (TPSA) is 23.5 Å². The molecule has 0 aromatic carbocycles. The molecule has 0 amide bonds. The van der Waals surface area contributed by atoms with Crippen LogP contribution in [0, 0.1) is 5.92 Å². The summed E-state index contributed by atoms with van der Waals surface area (Å²) in [5.41, 5.74) is 0. The van der Waals surface area contributed by atoms with Crippen LogP contribution in [0.3, 0.4) is 0 Å². The first-order valence-corrected chi connectivity index (χ1v) is 6.64. The van der Waals surface area contributed by atoms with Crippen molar-refractivity contribution in [2.45, 2.75) is 65.0 Å². The molecule has 2 nitrogen and oxygen atoms in total. The molecule has 0 heterocycles. The second kappa shape index (κ2) is 6.49. The number of rotatable bonds is 8. The fourth-order valence-electron chi connectivity index (χ4n) is 2.39. The SMILES string of the molecule is CCCC(O)C(CC)N(CC)CC1CC1. The molecule has 1 aliphatic carbocycles. The summed E-state index contributed by atoms with van der Waals surface area (Å²) in [6.45, 7) is 8.83. The summed E-state index contributed by atoms with van der Waals surface area (Å²) in [5, 5.41) is 10.1. The summed E-state index contributed by atoms with van der Waals surface area (Å²) in [5.74, 6) is 0.924. The van der Waals surface area contributed by atoms with Gasteiger partial charge in [0.1, 0.15) is 0 Å². The van der Waals surface area contributed by atoms with Crippen molar-refractivity contribution in [3.8, 4) is 0 Å². The molecule has 2 atom stereocenters. The summed E-state index contributed by atoms with van der Waals surface area (Å²) in [4.78, 5) is 2.48. The Balaban J connectivity index is 2.43.